The minimum atomic E-state index is -0.673. The first-order valence-corrected chi connectivity index (χ1v) is 8.62. The third kappa shape index (κ3) is 4.58. The number of oxime groups is 1. The lowest BCUT2D eigenvalue weighted by Crippen LogP contribution is -2.42. The van der Waals surface area contributed by atoms with Gasteiger partial charge in [0.1, 0.15) is 11.6 Å². The molecule has 0 aliphatic heterocycles. The SMILES string of the molecule is CN(C(=O)Nc1ccc(-c2cc(F)cc(F)c2)nc1)C1CCC(=NO)CC1. The van der Waals surface area contributed by atoms with E-state index in [9.17, 15) is 13.6 Å². The van der Waals surface area contributed by atoms with Gasteiger partial charge in [0.05, 0.1) is 23.3 Å². The van der Waals surface area contributed by atoms with E-state index in [0.29, 0.717) is 29.8 Å². The van der Waals surface area contributed by atoms with Gasteiger partial charge >= 0.3 is 6.03 Å². The van der Waals surface area contributed by atoms with Crippen molar-refractivity contribution >= 4 is 17.4 Å². The van der Waals surface area contributed by atoms with Gasteiger partial charge in [-0.05, 0) is 49.9 Å². The molecule has 1 fully saturated rings. The zero-order valence-corrected chi connectivity index (χ0v) is 14.8. The van der Waals surface area contributed by atoms with Crippen LogP contribution in [0.5, 0.6) is 0 Å². The average Bonchev–Trinajstić information content (AvgIpc) is 2.67. The molecule has 1 aliphatic rings. The number of carbonyl (C=O) groups is 1. The van der Waals surface area contributed by atoms with Crippen molar-refractivity contribution in [1.29, 1.82) is 0 Å². The molecule has 0 bridgehead atoms. The Hall–Kier alpha value is -3.03. The second-order valence-electron chi connectivity index (χ2n) is 6.53. The van der Waals surface area contributed by atoms with Crippen LogP contribution in [0.1, 0.15) is 25.7 Å². The van der Waals surface area contributed by atoms with Gasteiger partial charge in [0, 0.05) is 24.7 Å². The van der Waals surface area contributed by atoms with Gasteiger partial charge in [-0.2, -0.15) is 0 Å². The van der Waals surface area contributed by atoms with E-state index in [0.717, 1.165) is 24.6 Å². The molecule has 1 saturated carbocycles. The molecule has 27 heavy (non-hydrogen) atoms. The van der Waals surface area contributed by atoms with Crippen LogP contribution in [0.2, 0.25) is 0 Å². The number of anilines is 1. The Kier molecular flexibility index (Phi) is 5.63. The number of carbonyl (C=O) groups excluding carboxylic acids is 1. The van der Waals surface area contributed by atoms with E-state index in [1.807, 2.05) is 0 Å². The molecule has 1 heterocycles. The maximum absolute atomic E-state index is 13.3. The van der Waals surface area contributed by atoms with Crippen LogP contribution in [0, 0.1) is 11.6 Å². The molecular formula is C19H20F2N4O2. The van der Waals surface area contributed by atoms with Gasteiger partial charge in [-0.1, -0.05) is 5.16 Å². The van der Waals surface area contributed by atoms with E-state index in [1.54, 1.807) is 24.1 Å². The molecule has 2 amide bonds. The molecule has 0 radical (unpaired) electrons. The zero-order valence-electron chi connectivity index (χ0n) is 14.8. The number of pyridine rings is 1. The molecule has 1 aromatic heterocycles. The quantitative estimate of drug-likeness (QED) is 0.622. The van der Waals surface area contributed by atoms with Crippen LogP contribution < -0.4 is 5.32 Å². The first-order valence-electron chi connectivity index (χ1n) is 8.62. The second kappa shape index (κ2) is 8.11. The van der Waals surface area contributed by atoms with E-state index in [1.165, 1.54) is 18.3 Å². The molecular weight excluding hydrogens is 354 g/mol. The average molecular weight is 374 g/mol. The van der Waals surface area contributed by atoms with Gasteiger partial charge in [-0.3, -0.25) is 4.98 Å². The van der Waals surface area contributed by atoms with Crippen LogP contribution >= 0.6 is 0 Å². The van der Waals surface area contributed by atoms with Gasteiger partial charge in [0.2, 0.25) is 0 Å². The van der Waals surface area contributed by atoms with Crippen LogP contribution in [0.15, 0.2) is 41.7 Å². The largest absolute Gasteiger partial charge is 0.411 e. The van der Waals surface area contributed by atoms with E-state index in [-0.39, 0.29) is 12.1 Å². The summed E-state index contributed by atoms with van der Waals surface area (Å²) in [6.07, 6.45) is 4.26. The normalized spacial score (nSPS) is 16.7. The molecule has 142 valence electrons. The number of rotatable bonds is 3. The number of nitrogens with one attached hydrogen (secondary N) is 1. The maximum atomic E-state index is 13.3. The van der Waals surface area contributed by atoms with Crippen molar-refractivity contribution in [3.8, 4) is 11.3 Å². The van der Waals surface area contributed by atoms with Crippen LogP contribution in [-0.2, 0) is 0 Å². The second-order valence-corrected chi connectivity index (χ2v) is 6.53. The third-order valence-corrected chi connectivity index (χ3v) is 4.71. The summed E-state index contributed by atoms with van der Waals surface area (Å²) in [6, 6.07) is 6.22. The monoisotopic (exact) mass is 374 g/mol. The zero-order chi connectivity index (χ0) is 19.4. The number of halogens is 2. The van der Waals surface area contributed by atoms with Crippen LogP contribution in [-0.4, -0.2) is 39.9 Å². The summed E-state index contributed by atoms with van der Waals surface area (Å²) in [5.41, 5.74) is 1.98. The number of nitrogens with zero attached hydrogens (tertiary/aromatic N) is 3. The van der Waals surface area contributed by atoms with E-state index in [4.69, 9.17) is 5.21 Å². The Morgan fingerprint density at radius 3 is 2.44 bits per heavy atom. The highest BCUT2D eigenvalue weighted by atomic mass is 19.1. The lowest BCUT2D eigenvalue weighted by molar-refractivity contribution is 0.195. The van der Waals surface area contributed by atoms with Crippen molar-refractivity contribution in [3.05, 3.63) is 48.2 Å². The molecule has 1 aromatic carbocycles. The lowest BCUT2D eigenvalue weighted by Gasteiger charge is -2.31. The Labute approximate surface area is 155 Å². The van der Waals surface area contributed by atoms with E-state index < -0.39 is 11.6 Å². The number of hydrogen-bond donors (Lipinski definition) is 2. The summed E-state index contributed by atoms with van der Waals surface area (Å²) in [7, 11) is 1.72. The maximum Gasteiger partial charge on any atom is 0.321 e. The molecule has 6 nitrogen and oxygen atoms in total. The summed E-state index contributed by atoms with van der Waals surface area (Å²) in [5.74, 6) is -1.35. The summed E-state index contributed by atoms with van der Waals surface area (Å²) in [5, 5.41) is 14.8. The fourth-order valence-corrected chi connectivity index (χ4v) is 3.14. The molecule has 0 spiro atoms. The topological polar surface area (TPSA) is 77.8 Å². The van der Waals surface area contributed by atoms with Gasteiger partial charge in [0.15, 0.2) is 0 Å². The molecule has 0 atom stereocenters. The van der Waals surface area contributed by atoms with Crippen molar-refractivity contribution in [2.75, 3.05) is 12.4 Å². The molecule has 3 rings (SSSR count). The fraction of sp³-hybridized carbons (Fsp3) is 0.316. The molecule has 1 aliphatic carbocycles. The number of benzene rings is 1. The summed E-state index contributed by atoms with van der Waals surface area (Å²) in [6.45, 7) is 0. The minimum Gasteiger partial charge on any atom is -0.411 e. The summed E-state index contributed by atoms with van der Waals surface area (Å²) in [4.78, 5) is 18.2. The first kappa shape index (κ1) is 18.8. The van der Waals surface area contributed by atoms with Crippen molar-refractivity contribution < 1.29 is 18.8 Å². The van der Waals surface area contributed by atoms with Crippen LogP contribution in [0.25, 0.3) is 11.3 Å². The van der Waals surface area contributed by atoms with Crippen molar-refractivity contribution in [2.24, 2.45) is 5.16 Å². The highest BCUT2D eigenvalue weighted by molar-refractivity contribution is 5.90. The predicted molar refractivity (Wildman–Crippen MR) is 97.8 cm³/mol. The van der Waals surface area contributed by atoms with Crippen LogP contribution in [0.4, 0.5) is 19.3 Å². The molecule has 8 heteroatoms. The Balaban J connectivity index is 1.63. The van der Waals surface area contributed by atoms with E-state index in [2.05, 4.69) is 15.5 Å². The van der Waals surface area contributed by atoms with Crippen LogP contribution in [0.3, 0.4) is 0 Å². The molecule has 0 unspecified atom stereocenters. The highest BCUT2D eigenvalue weighted by Crippen LogP contribution is 2.23. The molecule has 0 saturated heterocycles. The van der Waals surface area contributed by atoms with Crippen molar-refractivity contribution in [2.45, 2.75) is 31.7 Å². The molecule has 2 aromatic rings. The smallest absolute Gasteiger partial charge is 0.321 e. The predicted octanol–water partition coefficient (Wildman–Crippen LogP) is 4.26. The number of aromatic nitrogens is 1. The van der Waals surface area contributed by atoms with Crippen molar-refractivity contribution in [3.63, 3.8) is 0 Å². The van der Waals surface area contributed by atoms with Gasteiger partial charge in [-0.15, -0.1) is 0 Å². The van der Waals surface area contributed by atoms with Gasteiger partial charge in [0.25, 0.3) is 0 Å². The number of hydrogen-bond acceptors (Lipinski definition) is 4. The van der Waals surface area contributed by atoms with Gasteiger partial charge in [-0.25, -0.2) is 13.6 Å². The Morgan fingerprint density at radius 2 is 1.89 bits per heavy atom. The fourth-order valence-electron chi connectivity index (χ4n) is 3.14. The van der Waals surface area contributed by atoms with Gasteiger partial charge < -0.3 is 15.4 Å². The summed E-state index contributed by atoms with van der Waals surface area (Å²) < 4.78 is 26.7. The standard InChI is InChI=1S/C19H20F2N4O2/c1-25(17-5-2-15(24-27)3-6-17)19(26)23-16-4-7-18(22-11-16)12-8-13(20)10-14(21)9-12/h4,7-11,17,27H,2-3,5-6H2,1H3,(H,23,26). The number of amides is 2. The Bertz CT molecular complexity index is 825. The third-order valence-electron chi connectivity index (χ3n) is 4.71. The first-order chi connectivity index (χ1) is 13.0. The lowest BCUT2D eigenvalue weighted by atomic mass is 9.93. The van der Waals surface area contributed by atoms with E-state index >= 15 is 0 Å². The number of urea groups is 1. The summed E-state index contributed by atoms with van der Waals surface area (Å²) >= 11 is 0. The van der Waals surface area contributed by atoms with Crippen molar-refractivity contribution in [1.82, 2.24) is 9.88 Å². The highest BCUT2D eigenvalue weighted by Gasteiger charge is 2.24. The minimum absolute atomic E-state index is 0.0676. The Morgan fingerprint density at radius 1 is 1.22 bits per heavy atom. The molecule has 2 N–H and O–H groups in total.